The topological polar surface area (TPSA) is 88.6 Å². The van der Waals surface area contributed by atoms with Crippen LogP contribution in [0.25, 0.3) is 10.9 Å². The molecule has 1 aliphatic rings. The Morgan fingerprint density at radius 2 is 2.03 bits per heavy atom. The van der Waals surface area contributed by atoms with E-state index >= 15 is 0 Å². The number of carbonyl (C=O) groups is 1. The summed E-state index contributed by atoms with van der Waals surface area (Å²) < 4.78 is 11.5. The van der Waals surface area contributed by atoms with Crippen molar-refractivity contribution in [1.82, 2.24) is 20.2 Å². The fourth-order valence-corrected chi connectivity index (χ4v) is 3.64. The number of hydrogen-bond donors (Lipinski definition) is 2. The zero-order valence-electron chi connectivity index (χ0n) is 18.1. The normalized spacial score (nSPS) is 15.6. The second-order valence-electron chi connectivity index (χ2n) is 7.75. The van der Waals surface area contributed by atoms with Crippen LogP contribution in [0.3, 0.4) is 0 Å². The third kappa shape index (κ3) is 4.86. The summed E-state index contributed by atoms with van der Waals surface area (Å²) in [5.74, 6) is 1.92. The van der Waals surface area contributed by atoms with Gasteiger partial charge in [0.05, 0.1) is 25.8 Å². The van der Waals surface area contributed by atoms with Crippen LogP contribution >= 0.6 is 0 Å². The first kappa shape index (κ1) is 20.9. The Hall–Kier alpha value is -3.39. The van der Waals surface area contributed by atoms with Crippen LogP contribution in [0.2, 0.25) is 0 Å². The number of carbonyl (C=O) groups excluding carboxylic acids is 1. The van der Waals surface area contributed by atoms with Crippen molar-refractivity contribution >= 4 is 28.3 Å². The molecule has 4 rings (SSSR count). The summed E-state index contributed by atoms with van der Waals surface area (Å²) in [7, 11) is 3.55. The minimum Gasteiger partial charge on any atom is -0.493 e. The van der Waals surface area contributed by atoms with Gasteiger partial charge in [-0.3, -0.25) is 9.69 Å². The number of hydrogen-bond acceptors (Lipinski definition) is 7. The summed E-state index contributed by atoms with van der Waals surface area (Å²) >= 11 is 0. The third-order valence-electron chi connectivity index (χ3n) is 5.19. The summed E-state index contributed by atoms with van der Waals surface area (Å²) in [5, 5.41) is 7.27. The Morgan fingerprint density at radius 1 is 1.16 bits per heavy atom. The lowest BCUT2D eigenvalue weighted by molar-refractivity contribution is -0.122. The lowest BCUT2D eigenvalue weighted by Gasteiger charge is -2.20. The van der Waals surface area contributed by atoms with Crippen LogP contribution in [0, 0.1) is 6.92 Å². The van der Waals surface area contributed by atoms with Crippen LogP contribution in [0.1, 0.15) is 17.5 Å². The van der Waals surface area contributed by atoms with Crippen molar-refractivity contribution in [2.45, 2.75) is 19.9 Å². The van der Waals surface area contributed by atoms with Crippen molar-refractivity contribution in [3.63, 3.8) is 0 Å². The highest BCUT2D eigenvalue weighted by molar-refractivity contribution is 5.93. The standard InChI is InChI=1S/C23H27N5O3/c1-15-5-6-16-12-28(2)13-22(29)24-7-4-8-31-21-10-17-19(11-20(21)30-3)25-14-26-23(17)27-18(16)9-15/h5-6,9-11,14H,4,7-8,12-13H2,1-3H3,(H,24,29)(H,25,26,27). The molecular formula is C23H27N5O3. The number of fused-ring (bicyclic) bond motifs is 2. The van der Waals surface area contributed by atoms with Gasteiger partial charge >= 0.3 is 0 Å². The van der Waals surface area contributed by atoms with Gasteiger partial charge in [0.1, 0.15) is 12.1 Å². The van der Waals surface area contributed by atoms with Crippen LogP contribution in [-0.2, 0) is 11.3 Å². The molecule has 0 radical (unpaired) electrons. The highest BCUT2D eigenvalue weighted by Crippen LogP contribution is 2.35. The second-order valence-corrected chi connectivity index (χ2v) is 7.75. The van der Waals surface area contributed by atoms with Gasteiger partial charge in [-0.05, 0) is 43.7 Å². The zero-order valence-corrected chi connectivity index (χ0v) is 18.1. The van der Waals surface area contributed by atoms with Gasteiger partial charge in [0.2, 0.25) is 5.91 Å². The van der Waals surface area contributed by atoms with Gasteiger partial charge in [0.15, 0.2) is 11.5 Å². The van der Waals surface area contributed by atoms with Crippen LogP contribution in [-0.4, -0.2) is 54.6 Å². The Balaban J connectivity index is 1.80. The van der Waals surface area contributed by atoms with Crippen molar-refractivity contribution in [3.8, 4) is 11.5 Å². The molecule has 0 fully saturated rings. The number of benzene rings is 2. The smallest absolute Gasteiger partial charge is 0.234 e. The number of ether oxygens (including phenoxy) is 2. The molecule has 2 aromatic carbocycles. The number of rotatable bonds is 1. The molecule has 8 heteroatoms. The van der Waals surface area contributed by atoms with Crippen molar-refractivity contribution in [2.75, 3.05) is 39.2 Å². The van der Waals surface area contributed by atoms with E-state index < -0.39 is 0 Å². The number of anilines is 2. The number of aryl methyl sites for hydroxylation is 1. The van der Waals surface area contributed by atoms with E-state index in [1.807, 2.05) is 31.0 Å². The van der Waals surface area contributed by atoms with Crippen molar-refractivity contribution < 1.29 is 14.3 Å². The molecule has 31 heavy (non-hydrogen) atoms. The summed E-state index contributed by atoms with van der Waals surface area (Å²) in [6.07, 6.45) is 2.23. The molecule has 1 aromatic heterocycles. The predicted octanol–water partition coefficient (Wildman–Crippen LogP) is 3.02. The Morgan fingerprint density at radius 3 is 2.87 bits per heavy atom. The molecule has 162 valence electrons. The van der Waals surface area contributed by atoms with Gasteiger partial charge < -0.3 is 20.1 Å². The largest absolute Gasteiger partial charge is 0.493 e. The first-order valence-corrected chi connectivity index (χ1v) is 10.3. The molecule has 0 saturated heterocycles. The van der Waals surface area contributed by atoms with E-state index in [-0.39, 0.29) is 5.91 Å². The zero-order chi connectivity index (χ0) is 21.8. The Labute approximate surface area is 181 Å². The van der Waals surface area contributed by atoms with Gasteiger partial charge in [0, 0.05) is 30.2 Å². The second kappa shape index (κ2) is 9.18. The molecule has 0 saturated carbocycles. The Bertz CT molecular complexity index is 1100. The average molecular weight is 422 g/mol. The highest BCUT2D eigenvalue weighted by atomic mass is 16.5. The molecule has 0 aliphatic carbocycles. The molecule has 1 aliphatic heterocycles. The fourth-order valence-electron chi connectivity index (χ4n) is 3.64. The fraction of sp³-hybridized carbons (Fsp3) is 0.348. The minimum atomic E-state index is -0.00620. The monoisotopic (exact) mass is 421 g/mol. The lowest BCUT2D eigenvalue weighted by Crippen LogP contribution is -2.35. The first-order chi connectivity index (χ1) is 15.0. The number of amides is 1. The number of aromatic nitrogens is 2. The molecule has 0 atom stereocenters. The van der Waals surface area contributed by atoms with Crippen molar-refractivity contribution in [3.05, 3.63) is 47.8 Å². The van der Waals surface area contributed by atoms with Gasteiger partial charge in [-0.25, -0.2) is 9.97 Å². The Kier molecular flexibility index (Phi) is 6.18. The van der Waals surface area contributed by atoms with E-state index in [0.29, 0.717) is 50.0 Å². The molecule has 2 heterocycles. The average Bonchev–Trinajstić information content (AvgIpc) is 2.74. The van der Waals surface area contributed by atoms with Gasteiger partial charge in [0.25, 0.3) is 0 Å². The number of nitrogens with zero attached hydrogens (tertiary/aromatic N) is 3. The molecule has 8 nitrogen and oxygen atoms in total. The maximum Gasteiger partial charge on any atom is 0.234 e. The lowest BCUT2D eigenvalue weighted by atomic mass is 10.1. The van der Waals surface area contributed by atoms with E-state index in [1.165, 1.54) is 6.33 Å². The molecule has 0 unspecified atom stereocenters. The third-order valence-corrected chi connectivity index (χ3v) is 5.19. The maximum atomic E-state index is 12.3. The number of likely N-dealkylation sites (N-methyl/N-ethyl adjacent to an activating group) is 1. The molecular weight excluding hydrogens is 394 g/mol. The van der Waals surface area contributed by atoms with Crippen LogP contribution in [0.15, 0.2) is 36.7 Å². The summed E-state index contributed by atoms with van der Waals surface area (Å²) in [6.45, 7) is 4.00. The minimum absolute atomic E-state index is 0.00620. The quantitative estimate of drug-likeness (QED) is 0.624. The van der Waals surface area contributed by atoms with E-state index in [0.717, 1.165) is 27.7 Å². The predicted molar refractivity (Wildman–Crippen MR) is 120 cm³/mol. The van der Waals surface area contributed by atoms with Crippen LogP contribution < -0.4 is 20.1 Å². The van der Waals surface area contributed by atoms with E-state index in [4.69, 9.17) is 9.47 Å². The number of methoxy groups -OCH3 is 1. The first-order valence-electron chi connectivity index (χ1n) is 10.3. The van der Waals surface area contributed by atoms with Gasteiger partial charge in [-0.15, -0.1) is 0 Å². The maximum absolute atomic E-state index is 12.3. The summed E-state index contributed by atoms with van der Waals surface area (Å²) in [6, 6.07) is 9.99. The molecule has 2 N–H and O–H groups in total. The van der Waals surface area contributed by atoms with Gasteiger partial charge in [-0.2, -0.15) is 0 Å². The van der Waals surface area contributed by atoms with Gasteiger partial charge in [-0.1, -0.05) is 12.1 Å². The number of nitrogens with one attached hydrogen (secondary N) is 2. The molecule has 1 amide bonds. The SMILES string of the molecule is COc1cc2ncnc3c2cc1OCCCNC(=O)CN(C)Cc1ccc(C)cc1N3. The summed E-state index contributed by atoms with van der Waals surface area (Å²) in [4.78, 5) is 23.2. The molecule has 3 aromatic rings. The van der Waals surface area contributed by atoms with Crippen molar-refractivity contribution in [2.24, 2.45) is 0 Å². The molecule has 0 spiro atoms. The molecule has 2 bridgehead atoms. The highest BCUT2D eigenvalue weighted by Gasteiger charge is 2.15. The summed E-state index contributed by atoms with van der Waals surface area (Å²) in [5.41, 5.74) is 3.91. The van der Waals surface area contributed by atoms with Crippen LogP contribution in [0.4, 0.5) is 11.5 Å². The van der Waals surface area contributed by atoms with Crippen molar-refractivity contribution in [1.29, 1.82) is 0 Å². The van der Waals surface area contributed by atoms with Crippen LogP contribution in [0.5, 0.6) is 11.5 Å². The van der Waals surface area contributed by atoms with E-state index in [2.05, 4.69) is 38.8 Å². The van der Waals surface area contributed by atoms with E-state index in [1.54, 1.807) is 7.11 Å². The van der Waals surface area contributed by atoms with E-state index in [9.17, 15) is 4.79 Å².